The minimum atomic E-state index is -1.07. The average Bonchev–Trinajstić information content (AvgIpc) is 3.06. The standard InChI is InChI=1S/C18H17ClN2O4/c1-11(2-3-12-4-7-16-17(8-12)25-10-24-16)20-21-13-5-6-15(19)14(9-13)18(22)23/h4-9,21H,2-3,10H2,1H3,(H,22,23)/b20-11+. The van der Waals surface area contributed by atoms with E-state index in [1.165, 1.54) is 12.1 Å². The first-order chi connectivity index (χ1) is 12.0. The molecule has 130 valence electrons. The number of carboxylic acids is 1. The van der Waals surface area contributed by atoms with E-state index in [4.69, 9.17) is 26.2 Å². The number of fused-ring (bicyclic) bond motifs is 1. The number of halogens is 1. The Morgan fingerprint density at radius 2 is 2.04 bits per heavy atom. The van der Waals surface area contributed by atoms with Gasteiger partial charge in [-0.15, -0.1) is 0 Å². The van der Waals surface area contributed by atoms with E-state index in [2.05, 4.69) is 10.5 Å². The highest BCUT2D eigenvalue weighted by Crippen LogP contribution is 2.32. The highest BCUT2D eigenvalue weighted by atomic mass is 35.5. The van der Waals surface area contributed by atoms with Gasteiger partial charge in [-0.2, -0.15) is 5.10 Å². The topological polar surface area (TPSA) is 80.2 Å². The summed E-state index contributed by atoms with van der Waals surface area (Å²) >= 11 is 5.85. The Morgan fingerprint density at radius 3 is 2.84 bits per heavy atom. The van der Waals surface area contributed by atoms with Gasteiger partial charge in [-0.1, -0.05) is 17.7 Å². The maximum atomic E-state index is 11.1. The quantitative estimate of drug-likeness (QED) is 0.596. The van der Waals surface area contributed by atoms with Crippen molar-refractivity contribution in [1.82, 2.24) is 0 Å². The van der Waals surface area contributed by atoms with Crippen LogP contribution >= 0.6 is 11.6 Å². The summed E-state index contributed by atoms with van der Waals surface area (Å²) in [7, 11) is 0. The molecule has 0 spiro atoms. The van der Waals surface area contributed by atoms with Crippen LogP contribution < -0.4 is 14.9 Å². The van der Waals surface area contributed by atoms with E-state index in [0.717, 1.165) is 35.6 Å². The second-order valence-corrected chi connectivity index (χ2v) is 6.05. The molecule has 0 unspecified atom stereocenters. The van der Waals surface area contributed by atoms with E-state index in [9.17, 15) is 4.79 Å². The fourth-order valence-corrected chi connectivity index (χ4v) is 2.59. The van der Waals surface area contributed by atoms with Gasteiger partial charge in [0.2, 0.25) is 6.79 Å². The number of anilines is 1. The molecule has 1 aliphatic rings. The van der Waals surface area contributed by atoms with Crippen molar-refractivity contribution in [3.8, 4) is 11.5 Å². The van der Waals surface area contributed by atoms with Crippen molar-refractivity contribution in [3.05, 3.63) is 52.5 Å². The zero-order chi connectivity index (χ0) is 17.8. The molecule has 1 heterocycles. The van der Waals surface area contributed by atoms with Gasteiger partial charge in [0.05, 0.1) is 16.3 Å². The highest BCUT2D eigenvalue weighted by Gasteiger charge is 2.13. The van der Waals surface area contributed by atoms with Gasteiger partial charge in [-0.3, -0.25) is 5.43 Å². The number of aromatic carboxylic acids is 1. The molecule has 25 heavy (non-hydrogen) atoms. The number of hydrazone groups is 1. The van der Waals surface area contributed by atoms with Crippen LogP contribution in [0.4, 0.5) is 5.69 Å². The van der Waals surface area contributed by atoms with Gasteiger partial charge in [0.25, 0.3) is 0 Å². The molecule has 6 nitrogen and oxygen atoms in total. The van der Waals surface area contributed by atoms with E-state index in [0.29, 0.717) is 5.69 Å². The van der Waals surface area contributed by atoms with Crippen LogP contribution in [-0.2, 0) is 6.42 Å². The van der Waals surface area contributed by atoms with Crippen molar-refractivity contribution in [2.24, 2.45) is 5.10 Å². The van der Waals surface area contributed by atoms with Crippen LogP contribution in [0, 0.1) is 0 Å². The minimum absolute atomic E-state index is 0.0416. The molecule has 0 saturated heterocycles. The van der Waals surface area contributed by atoms with Crippen LogP contribution in [0.15, 0.2) is 41.5 Å². The maximum Gasteiger partial charge on any atom is 0.337 e. The minimum Gasteiger partial charge on any atom is -0.478 e. The average molecular weight is 361 g/mol. The van der Waals surface area contributed by atoms with Crippen molar-refractivity contribution >= 4 is 29.0 Å². The molecule has 2 aromatic rings. The van der Waals surface area contributed by atoms with Gasteiger partial charge >= 0.3 is 5.97 Å². The van der Waals surface area contributed by atoms with Gasteiger partial charge < -0.3 is 14.6 Å². The smallest absolute Gasteiger partial charge is 0.337 e. The summed E-state index contributed by atoms with van der Waals surface area (Å²) in [5.41, 5.74) is 5.51. The normalized spacial score (nSPS) is 13.0. The molecular weight excluding hydrogens is 344 g/mol. The molecule has 0 amide bonds. The third-order valence-electron chi connectivity index (χ3n) is 3.79. The number of ether oxygens (including phenoxy) is 2. The molecule has 2 N–H and O–H groups in total. The Balaban J connectivity index is 1.59. The Labute approximate surface area is 150 Å². The summed E-state index contributed by atoms with van der Waals surface area (Å²) in [6, 6.07) is 10.6. The SMILES string of the molecule is C/C(CCc1ccc2c(c1)OCO2)=N\Nc1ccc(Cl)c(C(=O)O)c1. The lowest BCUT2D eigenvalue weighted by atomic mass is 10.1. The van der Waals surface area contributed by atoms with Crippen molar-refractivity contribution in [3.63, 3.8) is 0 Å². The largest absolute Gasteiger partial charge is 0.478 e. The number of carboxylic acid groups (broad SMARTS) is 1. The summed E-state index contributed by atoms with van der Waals surface area (Å²) in [5, 5.41) is 13.6. The Bertz CT molecular complexity index is 836. The van der Waals surface area contributed by atoms with Gasteiger partial charge in [0.1, 0.15) is 0 Å². The lowest BCUT2D eigenvalue weighted by molar-refractivity contribution is 0.0697. The molecule has 0 atom stereocenters. The zero-order valence-electron chi connectivity index (χ0n) is 13.6. The number of aryl methyl sites for hydroxylation is 1. The number of rotatable bonds is 6. The molecule has 0 fully saturated rings. The number of carbonyl (C=O) groups is 1. The van der Waals surface area contributed by atoms with Crippen molar-refractivity contribution in [2.45, 2.75) is 19.8 Å². The van der Waals surface area contributed by atoms with E-state index in [1.807, 2.05) is 25.1 Å². The van der Waals surface area contributed by atoms with E-state index in [-0.39, 0.29) is 17.4 Å². The molecule has 0 bridgehead atoms. The first-order valence-electron chi connectivity index (χ1n) is 7.73. The van der Waals surface area contributed by atoms with Crippen molar-refractivity contribution in [1.29, 1.82) is 0 Å². The second-order valence-electron chi connectivity index (χ2n) is 5.65. The Kier molecular flexibility index (Phi) is 5.09. The van der Waals surface area contributed by atoms with E-state index in [1.54, 1.807) is 6.07 Å². The summed E-state index contributed by atoms with van der Waals surface area (Å²) in [4.78, 5) is 11.1. The zero-order valence-corrected chi connectivity index (χ0v) is 14.3. The molecule has 1 aliphatic heterocycles. The summed E-state index contributed by atoms with van der Waals surface area (Å²) in [6.45, 7) is 2.18. The van der Waals surface area contributed by atoms with Crippen molar-refractivity contribution < 1.29 is 19.4 Å². The number of hydrogen-bond donors (Lipinski definition) is 2. The van der Waals surface area contributed by atoms with Gasteiger partial charge in [-0.25, -0.2) is 4.79 Å². The monoisotopic (exact) mass is 360 g/mol. The van der Waals surface area contributed by atoms with Gasteiger partial charge in [-0.05, 0) is 55.7 Å². The number of benzene rings is 2. The fraction of sp³-hybridized carbons (Fsp3) is 0.222. The highest BCUT2D eigenvalue weighted by molar-refractivity contribution is 6.33. The predicted molar refractivity (Wildman–Crippen MR) is 96.0 cm³/mol. The van der Waals surface area contributed by atoms with E-state index < -0.39 is 5.97 Å². The molecule has 3 rings (SSSR count). The fourth-order valence-electron chi connectivity index (χ4n) is 2.40. The number of nitrogens with one attached hydrogen (secondary N) is 1. The Hall–Kier alpha value is -2.73. The molecule has 0 aromatic heterocycles. The number of hydrogen-bond acceptors (Lipinski definition) is 5. The van der Waals surface area contributed by atoms with Crippen LogP contribution in [-0.4, -0.2) is 23.6 Å². The molecule has 0 radical (unpaired) electrons. The van der Waals surface area contributed by atoms with Crippen LogP contribution in [0.3, 0.4) is 0 Å². The first kappa shape index (κ1) is 17.1. The summed E-state index contributed by atoms with van der Waals surface area (Å²) in [5.74, 6) is 0.470. The van der Waals surface area contributed by atoms with Gasteiger partial charge in [0.15, 0.2) is 11.5 Å². The summed E-state index contributed by atoms with van der Waals surface area (Å²) in [6.07, 6.45) is 1.57. The molecule has 0 saturated carbocycles. The van der Waals surface area contributed by atoms with Crippen LogP contribution in [0.2, 0.25) is 5.02 Å². The van der Waals surface area contributed by atoms with Gasteiger partial charge in [0, 0.05) is 5.71 Å². The van der Waals surface area contributed by atoms with E-state index >= 15 is 0 Å². The summed E-state index contributed by atoms with van der Waals surface area (Å²) < 4.78 is 10.7. The lowest BCUT2D eigenvalue weighted by Crippen LogP contribution is -2.02. The Morgan fingerprint density at radius 1 is 1.24 bits per heavy atom. The molecule has 2 aromatic carbocycles. The van der Waals surface area contributed by atoms with Crippen LogP contribution in [0.25, 0.3) is 0 Å². The maximum absolute atomic E-state index is 11.1. The molecule has 0 aliphatic carbocycles. The third-order valence-corrected chi connectivity index (χ3v) is 4.11. The second kappa shape index (κ2) is 7.44. The van der Waals surface area contributed by atoms with Crippen molar-refractivity contribution in [2.75, 3.05) is 12.2 Å². The number of nitrogens with zero attached hydrogens (tertiary/aromatic N) is 1. The molecule has 7 heteroatoms. The lowest BCUT2D eigenvalue weighted by Gasteiger charge is -2.06. The van der Waals surface area contributed by atoms with Crippen LogP contribution in [0.1, 0.15) is 29.3 Å². The molecular formula is C18H17ClN2O4. The first-order valence-corrected chi connectivity index (χ1v) is 8.11. The van der Waals surface area contributed by atoms with Crippen LogP contribution in [0.5, 0.6) is 11.5 Å². The predicted octanol–water partition coefficient (Wildman–Crippen LogP) is 4.19. The third kappa shape index (κ3) is 4.22.